The molecule has 0 aromatic carbocycles. The highest BCUT2D eigenvalue weighted by atomic mass is 16.2. The van der Waals surface area contributed by atoms with Crippen molar-refractivity contribution in [1.29, 1.82) is 0 Å². The first kappa shape index (κ1) is 19.2. The summed E-state index contributed by atoms with van der Waals surface area (Å²) in [5.74, 6) is 0.561. The quantitative estimate of drug-likeness (QED) is 0.862. The number of urea groups is 1. The predicted octanol–water partition coefficient (Wildman–Crippen LogP) is 1.44. The lowest BCUT2D eigenvalue weighted by Crippen LogP contribution is -2.39. The summed E-state index contributed by atoms with van der Waals surface area (Å²) in [6, 6.07) is 5.55. The summed E-state index contributed by atoms with van der Waals surface area (Å²) in [6.07, 6.45) is 3.68. The summed E-state index contributed by atoms with van der Waals surface area (Å²) in [4.78, 5) is 35.4. The minimum atomic E-state index is -0.185. The molecule has 0 unspecified atom stereocenters. The molecule has 2 aromatic rings. The fourth-order valence-electron chi connectivity index (χ4n) is 3.46. The molecule has 3 heterocycles. The second-order valence-electron chi connectivity index (χ2n) is 7.36. The van der Waals surface area contributed by atoms with E-state index in [9.17, 15) is 9.59 Å². The first-order valence-corrected chi connectivity index (χ1v) is 9.28. The van der Waals surface area contributed by atoms with Crippen molar-refractivity contribution >= 4 is 17.5 Å². The molecule has 1 atom stereocenters. The third-order valence-electron chi connectivity index (χ3n) is 4.81. The Labute approximate surface area is 159 Å². The van der Waals surface area contributed by atoms with Crippen LogP contribution in [0.15, 0.2) is 24.4 Å². The van der Waals surface area contributed by atoms with E-state index in [2.05, 4.69) is 10.3 Å². The summed E-state index contributed by atoms with van der Waals surface area (Å²) in [6.45, 7) is 2.02. The normalized spacial score (nSPS) is 16.9. The van der Waals surface area contributed by atoms with E-state index in [0.29, 0.717) is 18.8 Å². The van der Waals surface area contributed by atoms with E-state index in [-0.39, 0.29) is 18.0 Å². The molecular formula is C19H28N6O2. The number of nitrogens with one attached hydrogen (secondary N) is 1. The molecule has 0 aliphatic carbocycles. The first-order valence-electron chi connectivity index (χ1n) is 9.28. The fourth-order valence-corrected chi connectivity index (χ4v) is 3.46. The maximum atomic E-state index is 12.7. The molecule has 1 saturated heterocycles. The Morgan fingerprint density at radius 3 is 2.74 bits per heavy atom. The number of carbonyl (C=O) groups is 2. The van der Waals surface area contributed by atoms with Gasteiger partial charge in [-0.15, -0.1) is 0 Å². The van der Waals surface area contributed by atoms with Gasteiger partial charge in [-0.05, 0) is 39.1 Å². The van der Waals surface area contributed by atoms with Gasteiger partial charge in [0.2, 0.25) is 0 Å². The summed E-state index contributed by atoms with van der Waals surface area (Å²) in [5, 5.41) is 2.93. The highest BCUT2D eigenvalue weighted by molar-refractivity contribution is 5.99. The van der Waals surface area contributed by atoms with Crippen molar-refractivity contribution in [3.05, 3.63) is 35.9 Å². The molecule has 2 aromatic heterocycles. The van der Waals surface area contributed by atoms with E-state index in [1.54, 1.807) is 19.0 Å². The average Bonchev–Trinajstić information content (AvgIpc) is 3.25. The smallest absolute Gasteiger partial charge is 0.320 e. The van der Waals surface area contributed by atoms with Crippen LogP contribution in [0.1, 0.15) is 35.2 Å². The minimum absolute atomic E-state index is 0.0258. The summed E-state index contributed by atoms with van der Waals surface area (Å²) < 4.78 is 1.94. The van der Waals surface area contributed by atoms with Gasteiger partial charge in [-0.3, -0.25) is 4.79 Å². The summed E-state index contributed by atoms with van der Waals surface area (Å²) in [5.41, 5.74) is 1.17. The lowest BCUT2D eigenvalue weighted by molar-refractivity contribution is 0.0948. The molecule has 1 aliphatic rings. The van der Waals surface area contributed by atoms with Crippen molar-refractivity contribution in [3.8, 4) is 0 Å². The van der Waals surface area contributed by atoms with E-state index in [4.69, 9.17) is 0 Å². The first-order chi connectivity index (χ1) is 12.9. The number of likely N-dealkylation sites (N-methyl/N-ethyl adjacent to an activating group) is 1. The van der Waals surface area contributed by atoms with Gasteiger partial charge in [0, 0.05) is 39.9 Å². The number of aromatic nitrogens is 2. The second-order valence-corrected chi connectivity index (χ2v) is 7.36. The zero-order valence-electron chi connectivity index (χ0n) is 16.5. The van der Waals surface area contributed by atoms with Crippen LogP contribution in [0.25, 0.3) is 5.52 Å². The molecule has 0 bridgehead atoms. The minimum Gasteiger partial charge on any atom is -0.349 e. The predicted molar refractivity (Wildman–Crippen MR) is 104 cm³/mol. The number of hydrogen-bond acceptors (Lipinski definition) is 4. The van der Waals surface area contributed by atoms with Crippen molar-refractivity contribution in [1.82, 2.24) is 29.4 Å². The number of imidazole rings is 1. The van der Waals surface area contributed by atoms with Crippen LogP contribution in [0.5, 0.6) is 0 Å². The van der Waals surface area contributed by atoms with Crippen molar-refractivity contribution in [3.63, 3.8) is 0 Å². The van der Waals surface area contributed by atoms with E-state index in [1.807, 2.05) is 52.7 Å². The topological polar surface area (TPSA) is 73.2 Å². The molecule has 3 amide bonds. The van der Waals surface area contributed by atoms with Crippen molar-refractivity contribution in [2.75, 3.05) is 47.8 Å². The Hall–Kier alpha value is -2.61. The average molecular weight is 372 g/mol. The van der Waals surface area contributed by atoms with Crippen LogP contribution in [0.3, 0.4) is 0 Å². The molecule has 1 aliphatic heterocycles. The van der Waals surface area contributed by atoms with Gasteiger partial charge in [-0.25, -0.2) is 9.78 Å². The van der Waals surface area contributed by atoms with E-state index < -0.39 is 0 Å². The number of pyridine rings is 1. The third-order valence-corrected chi connectivity index (χ3v) is 4.81. The number of carbonyl (C=O) groups excluding carboxylic acids is 2. The summed E-state index contributed by atoms with van der Waals surface area (Å²) >= 11 is 0. The fraction of sp³-hybridized carbons (Fsp3) is 0.526. The molecule has 0 radical (unpaired) electrons. The highest BCUT2D eigenvalue weighted by Gasteiger charge is 2.34. The zero-order valence-corrected chi connectivity index (χ0v) is 16.5. The van der Waals surface area contributed by atoms with Gasteiger partial charge in [-0.1, -0.05) is 6.07 Å². The number of hydrogen-bond donors (Lipinski definition) is 1. The van der Waals surface area contributed by atoms with E-state index in [1.165, 1.54) is 0 Å². The Morgan fingerprint density at radius 2 is 2.04 bits per heavy atom. The zero-order chi connectivity index (χ0) is 19.6. The Morgan fingerprint density at radius 1 is 1.26 bits per heavy atom. The van der Waals surface area contributed by atoms with Crippen molar-refractivity contribution in [2.24, 2.45) is 0 Å². The molecule has 0 spiro atoms. The van der Waals surface area contributed by atoms with Crippen LogP contribution in [-0.2, 0) is 0 Å². The SMILES string of the molecule is CN(C)CCNC(=O)c1nc([C@@H]2CCCN2C(=O)N(C)C)n2ccccc12. The molecule has 8 nitrogen and oxygen atoms in total. The maximum Gasteiger partial charge on any atom is 0.320 e. The summed E-state index contributed by atoms with van der Waals surface area (Å²) in [7, 11) is 7.44. The molecule has 1 N–H and O–H groups in total. The Bertz CT molecular complexity index is 829. The monoisotopic (exact) mass is 372 g/mol. The number of fused-ring (bicyclic) bond motifs is 1. The van der Waals surface area contributed by atoms with Gasteiger partial charge in [0.15, 0.2) is 5.69 Å². The van der Waals surface area contributed by atoms with Crippen LogP contribution in [-0.4, -0.2) is 83.8 Å². The lowest BCUT2D eigenvalue weighted by atomic mass is 10.2. The number of amides is 3. The molecule has 3 rings (SSSR count). The van der Waals surface area contributed by atoms with Crippen molar-refractivity contribution in [2.45, 2.75) is 18.9 Å². The van der Waals surface area contributed by atoms with Crippen LogP contribution >= 0.6 is 0 Å². The van der Waals surface area contributed by atoms with Crippen LogP contribution < -0.4 is 5.32 Å². The van der Waals surface area contributed by atoms with Gasteiger partial charge >= 0.3 is 6.03 Å². The Balaban J connectivity index is 1.93. The van der Waals surface area contributed by atoms with Gasteiger partial charge in [-0.2, -0.15) is 0 Å². The molecular weight excluding hydrogens is 344 g/mol. The number of likely N-dealkylation sites (tertiary alicyclic amines) is 1. The van der Waals surface area contributed by atoms with Crippen molar-refractivity contribution < 1.29 is 9.59 Å². The van der Waals surface area contributed by atoms with Gasteiger partial charge in [0.05, 0.1) is 11.6 Å². The van der Waals surface area contributed by atoms with Gasteiger partial charge < -0.3 is 24.4 Å². The standard InChI is InChI=1S/C19H28N6O2/c1-22(2)13-10-20-18(26)16-14-8-5-6-11-24(14)17(21-16)15-9-7-12-25(15)19(27)23(3)4/h5-6,8,11,15H,7,9-10,12-13H2,1-4H3,(H,20,26)/t15-/m0/s1. The molecule has 146 valence electrons. The number of nitrogens with zero attached hydrogens (tertiary/aromatic N) is 5. The van der Waals surface area contributed by atoms with E-state index >= 15 is 0 Å². The van der Waals surface area contributed by atoms with Gasteiger partial charge in [0.1, 0.15) is 5.82 Å². The molecule has 0 saturated carbocycles. The lowest BCUT2D eigenvalue weighted by Gasteiger charge is -2.27. The number of rotatable bonds is 5. The largest absolute Gasteiger partial charge is 0.349 e. The third kappa shape index (κ3) is 3.90. The van der Waals surface area contributed by atoms with E-state index in [0.717, 1.165) is 30.7 Å². The van der Waals surface area contributed by atoms with Crippen LogP contribution in [0, 0.1) is 0 Å². The highest BCUT2D eigenvalue weighted by Crippen LogP contribution is 2.33. The molecule has 27 heavy (non-hydrogen) atoms. The maximum absolute atomic E-state index is 12.7. The molecule has 8 heteroatoms. The van der Waals surface area contributed by atoms with Gasteiger partial charge in [0.25, 0.3) is 5.91 Å². The van der Waals surface area contributed by atoms with Crippen LogP contribution in [0.4, 0.5) is 4.79 Å². The Kier molecular flexibility index (Phi) is 5.65. The molecule has 1 fully saturated rings. The second kappa shape index (κ2) is 7.96. The van der Waals surface area contributed by atoms with Crippen LogP contribution in [0.2, 0.25) is 0 Å².